The van der Waals surface area contributed by atoms with Crippen LogP contribution in [0.3, 0.4) is 0 Å². The van der Waals surface area contributed by atoms with Crippen molar-refractivity contribution in [3.05, 3.63) is 30.9 Å². The fourth-order valence-electron chi connectivity index (χ4n) is 1.10. The molecule has 0 aliphatic heterocycles. The summed E-state index contributed by atoms with van der Waals surface area (Å²) < 4.78 is 10.3. The molecule has 0 aliphatic carbocycles. The summed E-state index contributed by atoms with van der Waals surface area (Å²) in [5.41, 5.74) is 4.55. The summed E-state index contributed by atoms with van der Waals surface area (Å²) in [6.45, 7) is 5.48. The predicted octanol–water partition coefficient (Wildman–Crippen LogP) is 2.68. The molecule has 1 aromatic rings. The molecule has 0 fully saturated rings. The van der Waals surface area contributed by atoms with Crippen molar-refractivity contribution < 1.29 is 9.47 Å². The second kappa shape index (κ2) is 5.80. The van der Waals surface area contributed by atoms with Gasteiger partial charge >= 0.3 is 0 Å². The third-order valence-corrected chi connectivity index (χ3v) is 2.04. The quantitative estimate of drug-likeness (QED) is 0.612. The maximum absolute atomic E-state index is 5.18. The summed E-state index contributed by atoms with van der Waals surface area (Å²) in [7, 11) is 3.20. The van der Waals surface area contributed by atoms with Crippen LogP contribution in [0.2, 0.25) is 0 Å². The van der Waals surface area contributed by atoms with Gasteiger partial charge in [-0.2, -0.15) is 5.10 Å². The first kappa shape index (κ1) is 12.1. The number of benzene rings is 1. The Labute approximate surface area is 95.6 Å². The van der Waals surface area contributed by atoms with Crippen LogP contribution in [0.15, 0.2) is 36.0 Å². The van der Waals surface area contributed by atoms with Gasteiger partial charge in [0.2, 0.25) is 0 Å². The molecule has 0 heterocycles. The molecule has 0 aliphatic rings. The van der Waals surface area contributed by atoms with Crippen molar-refractivity contribution in [2.45, 2.75) is 6.92 Å². The molecule has 86 valence electrons. The Hall–Kier alpha value is -1.97. The van der Waals surface area contributed by atoms with Crippen LogP contribution in [0.1, 0.15) is 6.92 Å². The highest BCUT2D eigenvalue weighted by molar-refractivity contribution is 5.92. The third kappa shape index (κ3) is 3.02. The molecule has 4 heteroatoms. The molecule has 0 bridgehead atoms. The van der Waals surface area contributed by atoms with Crippen molar-refractivity contribution in [1.82, 2.24) is 0 Å². The Morgan fingerprint density at radius 1 is 1.31 bits per heavy atom. The van der Waals surface area contributed by atoms with Gasteiger partial charge in [0.1, 0.15) is 0 Å². The van der Waals surface area contributed by atoms with Gasteiger partial charge < -0.3 is 9.47 Å². The van der Waals surface area contributed by atoms with E-state index in [1.807, 2.05) is 25.1 Å². The highest BCUT2D eigenvalue weighted by Crippen LogP contribution is 2.29. The molecule has 4 nitrogen and oxygen atoms in total. The minimum absolute atomic E-state index is 0.666. The molecule has 0 saturated heterocycles. The van der Waals surface area contributed by atoms with Gasteiger partial charge in [-0.1, -0.05) is 6.58 Å². The zero-order valence-corrected chi connectivity index (χ0v) is 9.78. The average molecular weight is 220 g/mol. The van der Waals surface area contributed by atoms with E-state index in [1.165, 1.54) is 0 Å². The Morgan fingerprint density at radius 2 is 2.00 bits per heavy atom. The zero-order chi connectivity index (χ0) is 12.0. The second-order valence-corrected chi connectivity index (χ2v) is 3.14. The van der Waals surface area contributed by atoms with E-state index in [0.29, 0.717) is 11.5 Å². The van der Waals surface area contributed by atoms with Crippen LogP contribution in [-0.4, -0.2) is 19.9 Å². The molecule has 1 rings (SSSR count). The maximum atomic E-state index is 5.18. The number of hydrogen-bond acceptors (Lipinski definition) is 4. The molecule has 0 atom stereocenters. The second-order valence-electron chi connectivity index (χ2n) is 3.14. The molecule has 0 aromatic heterocycles. The predicted molar refractivity (Wildman–Crippen MR) is 66.5 cm³/mol. The Kier molecular flexibility index (Phi) is 4.39. The van der Waals surface area contributed by atoms with Crippen molar-refractivity contribution in [2.75, 3.05) is 19.6 Å². The van der Waals surface area contributed by atoms with Crippen LogP contribution in [-0.2, 0) is 0 Å². The van der Waals surface area contributed by atoms with Crippen molar-refractivity contribution in [3.8, 4) is 11.5 Å². The van der Waals surface area contributed by atoms with Gasteiger partial charge in [0.15, 0.2) is 11.5 Å². The number of nitrogens with zero attached hydrogens (tertiary/aromatic N) is 1. The van der Waals surface area contributed by atoms with E-state index in [9.17, 15) is 0 Å². The van der Waals surface area contributed by atoms with Crippen LogP contribution >= 0.6 is 0 Å². The number of ether oxygens (including phenoxy) is 2. The lowest BCUT2D eigenvalue weighted by Crippen LogP contribution is -1.96. The normalized spacial score (nSPS) is 10.8. The lowest BCUT2D eigenvalue weighted by atomic mass is 10.3. The van der Waals surface area contributed by atoms with Crippen LogP contribution in [0.4, 0.5) is 5.69 Å². The number of allylic oxidation sites excluding steroid dienone is 1. The number of hydrazone groups is 1. The number of anilines is 1. The lowest BCUT2D eigenvalue weighted by Gasteiger charge is -2.09. The molecule has 0 radical (unpaired) electrons. The molecule has 0 unspecified atom stereocenters. The molecule has 1 N–H and O–H groups in total. The summed E-state index contributed by atoms with van der Waals surface area (Å²) in [5, 5.41) is 4.10. The van der Waals surface area contributed by atoms with Crippen molar-refractivity contribution in [1.29, 1.82) is 0 Å². The van der Waals surface area contributed by atoms with E-state index < -0.39 is 0 Å². The molecule has 0 spiro atoms. The van der Waals surface area contributed by atoms with Crippen LogP contribution in [0.25, 0.3) is 0 Å². The average Bonchev–Trinajstić information content (AvgIpc) is 2.35. The first-order valence-corrected chi connectivity index (χ1v) is 4.86. The molecule has 0 amide bonds. The van der Waals surface area contributed by atoms with E-state index in [4.69, 9.17) is 9.47 Å². The minimum atomic E-state index is 0.666. The fraction of sp³-hybridized carbons (Fsp3) is 0.250. The Balaban J connectivity index is 2.87. The topological polar surface area (TPSA) is 42.9 Å². The van der Waals surface area contributed by atoms with E-state index >= 15 is 0 Å². The highest BCUT2D eigenvalue weighted by atomic mass is 16.5. The van der Waals surface area contributed by atoms with E-state index in [1.54, 1.807) is 20.3 Å². The number of rotatable bonds is 5. The largest absolute Gasteiger partial charge is 0.493 e. The van der Waals surface area contributed by atoms with Crippen molar-refractivity contribution in [2.24, 2.45) is 5.10 Å². The maximum Gasteiger partial charge on any atom is 0.162 e. The Morgan fingerprint density at radius 3 is 2.56 bits per heavy atom. The van der Waals surface area contributed by atoms with E-state index in [2.05, 4.69) is 17.1 Å². The first-order valence-electron chi connectivity index (χ1n) is 4.86. The number of methoxy groups -OCH3 is 2. The fourth-order valence-corrected chi connectivity index (χ4v) is 1.10. The smallest absolute Gasteiger partial charge is 0.162 e. The first-order chi connectivity index (χ1) is 7.71. The summed E-state index contributed by atoms with van der Waals surface area (Å²) in [6.07, 6.45) is 1.67. The van der Waals surface area contributed by atoms with Gasteiger partial charge in [-0.15, -0.1) is 0 Å². The molecule has 1 aromatic carbocycles. The van der Waals surface area contributed by atoms with Crippen LogP contribution < -0.4 is 14.9 Å². The summed E-state index contributed by atoms with van der Waals surface area (Å²) in [5.74, 6) is 1.36. The van der Waals surface area contributed by atoms with Crippen molar-refractivity contribution in [3.63, 3.8) is 0 Å². The van der Waals surface area contributed by atoms with Gasteiger partial charge in [-0.3, -0.25) is 5.43 Å². The van der Waals surface area contributed by atoms with Gasteiger partial charge in [0, 0.05) is 6.07 Å². The van der Waals surface area contributed by atoms with Gasteiger partial charge in [0.25, 0.3) is 0 Å². The molecule has 0 saturated carbocycles. The summed E-state index contributed by atoms with van der Waals surface area (Å²) >= 11 is 0. The number of hydrogen-bond donors (Lipinski definition) is 1. The number of nitrogens with one attached hydrogen (secondary N) is 1. The highest BCUT2D eigenvalue weighted by Gasteiger charge is 2.03. The zero-order valence-electron chi connectivity index (χ0n) is 9.78. The standard InChI is InChI=1S/C12H16N2O2/c1-5-9(2)13-14-10-6-7-11(15-3)12(8-10)16-4/h5-8,14H,1H2,2-4H3/b13-9-. The van der Waals surface area contributed by atoms with Crippen molar-refractivity contribution >= 4 is 11.4 Å². The van der Waals surface area contributed by atoms with E-state index in [0.717, 1.165) is 11.4 Å². The Bertz CT molecular complexity index is 400. The summed E-state index contributed by atoms with van der Waals surface area (Å²) in [4.78, 5) is 0. The third-order valence-electron chi connectivity index (χ3n) is 2.04. The van der Waals surface area contributed by atoms with Gasteiger partial charge in [0.05, 0.1) is 25.6 Å². The minimum Gasteiger partial charge on any atom is -0.493 e. The van der Waals surface area contributed by atoms with E-state index in [-0.39, 0.29) is 0 Å². The lowest BCUT2D eigenvalue weighted by molar-refractivity contribution is 0.355. The SMILES string of the molecule is C=C/C(C)=N\Nc1ccc(OC)c(OC)c1. The monoisotopic (exact) mass is 220 g/mol. The van der Waals surface area contributed by atoms with Crippen LogP contribution in [0, 0.1) is 0 Å². The summed E-state index contributed by atoms with van der Waals surface area (Å²) in [6, 6.07) is 5.50. The molecule has 16 heavy (non-hydrogen) atoms. The van der Waals surface area contributed by atoms with Gasteiger partial charge in [-0.05, 0) is 25.1 Å². The molecular weight excluding hydrogens is 204 g/mol. The molecular formula is C12H16N2O2. The van der Waals surface area contributed by atoms with Crippen LogP contribution in [0.5, 0.6) is 11.5 Å². The van der Waals surface area contributed by atoms with Gasteiger partial charge in [-0.25, -0.2) is 0 Å².